The number of amides is 1. The highest BCUT2D eigenvalue weighted by atomic mass is 19.1. The van der Waals surface area contributed by atoms with E-state index in [2.05, 4.69) is 32.7 Å². The van der Waals surface area contributed by atoms with Gasteiger partial charge in [-0.25, -0.2) is 4.39 Å². The van der Waals surface area contributed by atoms with Gasteiger partial charge in [0.25, 0.3) is 0 Å². The van der Waals surface area contributed by atoms with Crippen LogP contribution in [0.5, 0.6) is 0 Å². The van der Waals surface area contributed by atoms with Gasteiger partial charge in [0.2, 0.25) is 5.91 Å². The molecule has 0 aromatic heterocycles. The molecular weight excluding hydrogens is 301 g/mol. The Hall–Kier alpha value is -0.860. The van der Waals surface area contributed by atoms with Gasteiger partial charge in [-0.3, -0.25) is 4.79 Å². The summed E-state index contributed by atoms with van der Waals surface area (Å²) in [6.45, 7) is 16.1. The zero-order valence-corrected chi connectivity index (χ0v) is 17.1. The van der Waals surface area contributed by atoms with E-state index in [0.29, 0.717) is 18.4 Å². The first-order valence-corrected chi connectivity index (χ1v) is 9.88. The number of rotatable bonds is 9. The predicted octanol–water partition coefficient (Wildman–Crippen LogP) is 6.60. The van der Waals surface area contributed by atoms with Gasteiger partial charge >= 0.3 is 0 Å². The first-order valence-electron chi connectivity index (χ1n) is 9.88. The summed E-state index contributed by atoms with van der Waals surface area (Å²) in [5.41, 5.74) is 1.42. The van der Waals surface area contributed by atoms with Gasteiger partial charge in [-0.2, -0.15) is 0 Å². The highest BCUT2D eigenvalue weighted by Gasteiger charge is 2.09. The Morgan fingerprint density at radius 3 is 1.96 bits per heavy atom. The average molecular weight is 344 g/mol. The SMILES string of the molecule is C=C1CC1.CCCC(=O)NC(C)C(C)C.CCCCC(F)CCC. The maximum Gasteiger partial charge on any atom is 0.220 e. The van der Waals surface area contributed by atoms with Crippen LogP contribution >= 0.6 is 0 Å². The lowest BCUT2D eigenvalue weighted by atomic mass is 10.1. The zero-order valence-electron chi connectivity index (χ0n) is 17.1. The van der Waals surface area contributed by atoms with Crippen molar-refractivity contribution in [3.05, 3.63) is 12.2 Å². The monoisotopic (exact) mass is 343 g/mol. The molecule has 0 aromatic rings. The van der Waals surface area contributed by atoms with E-state index in [-0.39, 0.29) is 5.91 Å². The van der Waals surface area contributed by atoms with E-state index in [1.54, 1.807) is 0 Å². The largest absolute Gasteiger partial charge is 0.353 e. The number of alkyl halides is 1. The van der Waals surface area contributed by atoms with Crippen molar-refractivity contribution < 1.29 is 9.18 Å². The van der Waals surface area contributed by atoms with Crippen LogP contribution in [0.15, 0.2) is 12.2 Å². The smallest absolute Gasteiger partial charge is 0.220 e. The molecule has 1 saturated carbocycles. The molecule has 1 amide bonds. The van der Waals surface area contributed by atoms with Gasteiger partial charge in [-0.1, -0.05) is 66.0 Å². The van der Waals surface area contributed by atoms with Gasteiger partial charge < -0.3 is 5.32 Å². The van der Waals surface area contributed by atoms with Gasteiger partial charge in [0.1, 0.15) is 6.17 Å². The third-order valence-corrected chi connectivity index (χ3v) is 3.94. The summed E-state index contributed by atoms with van der Waals surface area (Å²) in [4.78, 5) is 11.0. The fourth-order valence-corrected chi connectivity index (χ4v) is 1.69. The first-order chi connectivity index (χ1) is 11.3. The van der Waals surface area contributed by atoms with Crippen LogP contribution < -0.4 is 5.32 Å². The minimum Gasteiger partial charge on any atom is -0.353 e. The van der Waals surface area contributed by atoms with Crippen molar-refractivity contribution >= 4 is 5.91 Å². The van der Waals surface area contributed by atoms with E-state index in [9.17, 15) is 9.18 Å². The number of unbranched alkanes of at least 4 members (excludes halogenated alkanes) is 1. The molecule has 1 rings (SSSR count). The van der Waals surface area contributed by atoms with Gasteiger partial charge in [0.05, 0.1) is 0 Å². The second-order valence-corrected chi connectivity index (χ2v) is 7.13. The Bertz CT molecular complexity index is 309. The number of halogens is 1. The van der Waals surface area contributed by atoms with E-state index in [4.69, 9.17) is 0 Å². The normalized spacial score (nSPS) is 14.8. The minimum absolute atomic E-state index is 0.175. The van der Waals surface area contributed by atoms with Gasteiger partial charge in [-0.15, -0.1) is 0 Å². The molecule has 0 aliphatic heterocycles. The minimum atomic E-state index is -0.532. The molecule has 0 radical (unpaired) electrons. The van der Waals surface area contributed by atoms with Crippen LogP contribution in [0.2, 0.25) is 0 Å². The van der Waals surface area contributed by atoms with Crippen molar-refractivity contribution in [1.29, 1.82) is 0 Å². The highest BCUT2D eigenvalue weighted by molar-refractivity contribution is 5.76. The maximum atomic E-state index is 12.6. The zero-order chi connectivity index (χ0) is 19.0. The van der Waals surface area contributed by atoms with Crippen molar-refractivity contribution in [3.63, 3.8) is 0 Å². The lowest BCUT2D eigenvalue weighted by Gasteiger charge is -2.16. The van der Waals surface area contributed by atoms with E-state index in [1.165, 1.54) is 18.4 Å². The molecule has 1 N–H and O–H groups in total. The summed E-state index contributed by atoms with van der Waals surface area (Å²) in [6, 6.07) is 0.300. The molecule has 2 atom stereocenters. The van der Waals surface area contributed by atoms with Crippen molar-refractivity contribution in [2.75, 3.05) is 0 Å². The predicted molar refractivity (Wildman–Crippen MR) is 105 cm³/mol. The molecule has 2 unspecified atom stereocenters. The molecule has 2 nitrogen and oxygen atoms in total. The van der Waals surface area contributed by atoms with Crippen LogP contribution in [0.4, 0.5) is 4.39 Å². The van der Waals surface area contributed by atoms with Crippen LogP contribution in [-0.2, 0) is 4.79 Å². The Morgan fingerprint density at radius 1 is 1.08 bits per heavy atom. The number of carbonyl (C=O) groups is 1. The molecule has 1 fully saturated rings. The molecule has 0 aromatic carbocycles. The standard InChI is InChI=1S/C9H19NO.C8H17F.C4H6/c1-5-6-9(11)10-8(4)7(2)3;1-3-5-7-8(9)6-4-2;1-4-2-3-4/h7-8H,5-6H2,1-4H3,(H,10,11);8H,3-7H2,1-2H3;1-3H2. The van der Waals surface area contributed by atoms with Crippen LogP contribution in [-0.4, -0.2) is 18.1 Å². The molecule has 0 spiro atoms. The summed E-state index contributed by atoms with van der Waals surface area (Å²) < 4.78 is 12.6. The quantitative estimate of drug-likeness (QED) is 0.470. The number of carbonyl (C=O) groups excluding carboxylic acids is 1. The molecule has 144 valence electrons. The van der Waals surface area contributed by atoms with E-state index in [0.717, 1.165) is 38.5 Å². The third-order valence-electron chi connectivity index (χ3n) is 3.94. The van der Waals surface area contributed by atoms with E-state index < -0.39 is 6.17 Å². The number of nitrogens with one attached hydrogen (secondary N) is 1. The van der Waals surface area contributed by atoms with E-state index in [1.807, 2.05) is 20.8 Å². The second-order valence-electron chi connectivity index (χ2n) is 7.13. The highest BCUT2D eigenvalue weighted by Crippen LogP contribution is 2.23. The molecule has 0 bridgehead atoms. The summed E-state index contributed by atoms with van der Waals surface area (Å²) in [5, 5.41) is 2.94. The third kappa shape index (κ3) is 21.1. The molecule has 3 heteroatoms. The fourth-order valence-electron chi connectivity index (χ4n) is 1.69. The van der Waals surface area contributed by atoms with Crippen molar-refractivity contribution in [3.8, 4) is 0 Å². The number of hydrogen-bond acceptors (Lipinski definition) is 1. The molecular formula is C21H42FNO. The second kappa shape index (κ2) is 17.0. The van der Waals surface area contributed by atoms with Gasteiger partial charge in [-0.05, 0) is 44.9 Å². The lowest BCUT2D eigenvalue weighted by Crippen LogP contribution is -2.35. The topological polar surface area (TPSA) is 29.1 Å². The molecule has 0 heterocycles. The Morgan fingerprint density at radius 2 is 1.62 bits per heavy atom. The Balaban J connectivity index is 0. The molecule has 1 aliphatic carbocycles. The maximum absolute atomic E-state index is 12.6. The lowest BCUT2D eigenvalue weighted by molar-refractivity contribution is -0.122. The van der Waals surface area contributed by atoms with Crippen molar-refractivity contribution in [1.82, 2.24) is 5.32 Å². The Kier molecular flexibility index (Phi) is 18.0. The molecule has 1 aliphatic rings. The summed E-state index contributed by atoms with van der Waals surface area (Å²) in [7, 11) is 0. The Labute approximate surface area is 150 Å². The van der Waals surface area contributed by atoms with Gasteiger partial charge in [0, 0.05) is 12.5 Å². The van der Waals surface area contributed by atoms with Crippen molar-refractivity contribution in [2.45, 2.75) is 112 Å². The number of allylic oxidation sites excluding steroid dienone is 1. The van der Waals surface area contributed by atoms with Crippen LogP contribution in [0.1, 0.15) is 99.3 Å². The fraction of sp³-hybridized carbons (Fsp3) is 0.857. The van der Waals surface area contributed by atoms with Crippen LogP contribution in [0, 0.1) is 5.92 Å². The summed E-state index contributed by atoms with van der Waals surface area (Å²) in [6.07, 6.45) is 8.28. The van der Waals surface area contributed by atoms with Crippen LogP contribution in [0.3, 0.4) is 0 Å². The van der Waals surface area contributed by atoms with Crippen LogP contribution in [0.25, 0.3) is 0 Å². The molecule has 24 heavy (non-hydrogen) atoms. The molecule has 0 saturated heterocycles. The van der Waals surface area contributed by atoms with Gasteiger partial charge in [0.15, 0.2) is 0 Å². The number of hydrogen-bond donors (Lipinski definition) is 1. The summed E-state index contributed by atoms with van der Waals surface area (Å²) >= 11 is 0. The first kappa shape index (κ1) is 25.4. The van der Waals surface area contributed by atoms with E-state index >= 15 is 0 Å². The summed E-state index contributed by atoms with van der Waals surface area (Å²) in [5.74, 6) is 0.699. The van der Waals surface area contributed by atoms with Crippen molar-refractivity contribution in [2.24, 2.45) is 5.92 Å². The average Bonchev–Trinajstić information content (AvgIpc) is 3.29.